The molecule has 4 heteroatoms. The molecule has 1 N–H and O–H groups in total. The zero-order chi connectivity index (χ0) is 11.6. The largest absolute Gasteiger partial charge is 0.505 e. The van der Waals surface area contributed by atoms with E-state index in [2.05, 4.69) is 4.99 Å². The molecule has 0 amide bonds. The number of hydrogen-bond acceptors (Lipinski definition) is 3. The molecule has 0 radical (unpaired) electrons. The number of carbonyl (C=O) groups excluding carboxylic acids is 1. The molecule has 1 aromatic rings. The van der Waals surface area contributed by atoms with Gasteiger partial charge >= 0.3 is 0 Å². The number of phenols is 1. The van der Waals surface area contributed by atoms with Gasteiger partial charge in [-0.1, -0.05) is 18.9 Å². The second-order valence-corrected chi connectivity index (χ2v) is 4.11. The fourth-order valence-electron chi connectivity index (χ4n) is 2.31. The molecule has 1 fully saturated rings. The van der Waals surface area contributed by atoms with Gasteiger partial charge in [0.05, 0.1) is 5.54 Å². The number of benzene rings is 1. The van der Waals surface area contributed by atoms with Crippen LogP contribution in [-0.2, 0) is 10.3 Å². The van der Waals surface area contributed by atoms with Crippen LogP contribution in [0.5, 0.6) is 5.75 Å². The Balaban J connectivity index is 2.47. The molecule has 0 unspecified atom stereocenters. The molecule has 1 aliphatic carbocycles. The second-order valence-electron chi connectivity index (χ2n) is 4.11. The molecule has 0 heterocycles. The minimum atomic E-state index is -0.676. The number of rotatable bonds is 2. The summed E-state index contributed by atoms with van der Waals surface area (Å²) in [6.45, 7) is 0. The quantitative estimate of drug-likeness (QED) is 0.616. The highest BCUT2D eigenvalue weighted by Gasteiger charge is 2.36. The molecule has 16 heavy (non-hydrogen) atoms. The average molecular weight is 221 g/mol. The third-order valence-electron chi connectivity index (χ3n) is 3.18. The monoisotopic (exact) mass is 221 g/mol. The van der Waals surface area contributed by atoms with Crippen molar-refractivity contribution < 1.29 is 14.3 Å². The molecule has 3 nitrogen and oxygen atoms in total. The van der Waals surface area contributed by atoms with Gasteiger partial charge < -0.3 is 5.11 Å². The lowest BCUT2D eigenvalue weighted by Gasteiger charge is -2.22. The first kappa shape index (κ1) is 10.8. The Hall–Kier alpha value is -1.67. The van der Waals surface area contributed by atoms with Crippen LogP contribution in [0.1, 0.15) is 31.2 Å². The third-order valence-corrected chi connectivity index (χ3v) is 3.18. The Morgan fingerprint density at radius 2 is 2.06 bits per heavy atom. The first-order valence-corrected chi connectivity index (χ1v) is 5.26. The highest BCUT2D eigenvalue weighted by Crippen LogP contribution is 2.42. The highest BCUT2D eigenvalue weighted by atomic mass is 19.1. The van der Waals surface area contributed by atoms with Gasteiger partial charge in [0.25, 0.3) is 0 Å². The van der Waals surface area contributed by atoms with E-state index in [0.717, 1.165) is 25.7 Å². The maximum Gasteiger partial charge on any atom is 0.235 e. The van der Waals surface area contributed by atoms with Crippen molar-refractivity contribution in [2.45, 2.75) is 31.2 Å². The number of nitrogens with zero attached hydrogens (tertiary/aromatic N) is 1. The molecule has 0 aliphatic heterocycles. The summed E-state index contributed by atoms with van der Waals surface area (Å²) in [6.07, 6.45) is 4.96. The lowest BCUT2D eigenvalue weighted by Crippen LogP contribution is -2.18. The molecule has 0 saturated heterocycles. The summed E-state index contributed by atoms with van der Waals surface area (Å²) in [4.78, 5) is 14.3. The zero-order valence-electron chi connectivity index (χ0n) is 8.74. The third kappa shape index (κ3) is 1.72. The summed E-state index contributed by atoms with van der Waals surface area (Å²) in [5, 5.41) is 9.12. The molecule has 0 atom stereocenters. The average Bonchev–Trinajstić information content (AvgIpc) is 2.72. The highest BCUT2D eigenvalue weighted by molar-refractivity contribution is 5.40. The van der Waals surface area contributed by atoms with Gasteiger partial charge in [0, 0.05) is 0 Å². The van der Waals surface area contributed by atoms with Crippen LogP contribution in [0.25, 0.3) is 0 Å². The molecule has 0 spiro atoms. The topological polar surface area (TPSA) is 49.7 Å². The summed E-state index contributed by atoms with van der Waals surface area (Å²) >= 11 is 0. The van der Waals surface area contributed by atoms with Crippen molar-refractivity contribution in [2.75, 3.05) is 0 Å². The van der Waals surface area contributed by atoms with Gasteiger partial charge in [-0.2, -0.15) is 4.99 Å². The van der Waals surface area contributed by atoms with Crippen molar-refractivity contribution in [1.82, 2.24) is 0 Å². The van der Waals surface area contributed by atoms with Crippen LogP contribution in [-0.4, -0.2) is 11.2 Å². The van der Waals surface area contributed by atoms with Crippen molar-refractivity contribution in [2.24, 2.45) is 4.99 Å². The lowest BCUT2D eigenvalue weighted by atomic mass is 9.89. The Labute approximate surface area is 92.6 Å². The Bertz CT molecular complexity index is 446. The maximum absolute atomic E-state index is 13.3. The van der Waals surface area contributed by atoms with Crippen molar-refractivity contribution >= 4 is 6.08 Å². The number of aromatic hydroxyl groups is 1. The van der Waals surface area contributed by atoms with Crippen LogP contribution in [0.15, 0.2) is 23.2 Å². The van der Waals surface area contributed by atoms with Gasteiger partial charge in [-0.3, -0.25) is 0 Å². The second kappa shape index (κ2) is 4.06. The van der Waals surface area contributed by atoms with Crippen LogP contribution in [0.2, 0.25) is 0 Å². The van der Waals surface area contributed by atoms with Crippen LogP contribution >= 0.6 is 0 Å². The Kier molecular flexibility index (Phi) is 2.75. The first-order valence-electron chi connectivity index (χ1n) is 5.26. The van der Waals surface area contributed by atoms with E-state index in [1.165, 1.54) is 12.1 Å². The number of phenolic OH excluding ortho intramolecular Hbond substituents is 1. The Morgan fingerprint density at radius 1 is 1.38 bits per heavy atom. The van der Waals surface area contributed by atoms with Gasteiger partial charge in [0.1, 0.15) is 0 Å². The Morgan fingerprint density at radius 3 is 2.62 bits per heavy atom. The SMILES string of the molecule is O=C=NC1(c2ccc(O)c(F)c2)CCCC1. The standard InChI is InChI=1S/C12H12FNO2/c13-10-7-9(3-4-11(10)16)12(14-8-15)5-1-2-6-12/h3-4,7,16H,1-2,5-6H2. The number of aliphatic imine (C=N–C) groups is 1. The van der Waals surface area contributed by atoms with E-state index in [0.29, 0.717) is 5.56 Å². The fraction of sp³-hybridized carbons (Fsp3) is 0.417. The summed E-state index contributed by atoms with van der Waals surface area (Å²) in [6, 6.07) is 4.16. The first-order chi connectivity index (χ1) is 7.68. The van der Waals surface area contributed by atoms with Crippen molar-refractivity contribution in [3.63, 3.8) is 0 Å². The molecular weight excluding hydrogens is 209 g/mol. The number of isocyanates is 1. The van der Waals surface area contributed by atoms with Crippen LogP contribution < -0.4 is 0 Å². The van der Waals surface area contributed by atoms with E-state index in [1.807, 2.05) is 0 Å². The molecule has 84 valence electrons. The molecule has 0 bridgehead atoms. The van der Waals surface area contributed by atoms with Gasteiger partial charge in [0.15, 0.2) is 11.6 Å². The van der Waals surface area contributed by atoms with E-state index in [1.54, 1.807) is 12.1 Å². The van der Waals surface area contributed by atoms with Crippen LogP contribution in [0, 0.1) is 5.82 Å². The van der Waals surface area contributed by atoms with Gasteiger partial charge in [-0.15, -0.1) is 0 Å². The zero-order valence-corrected chi connectivity index (χ0v) is 8.74. The predicted octanol–water partition coefficient (Wildman–Crippen LogP) is 2.64. The van der Waals surface area contributed by atoms with Crippen molar-refractivity contribution in [3.05, 3.63) is 29.6 Å². The smallest absolute Gasteiger partial charge is 0.235 e. The predicted molar refractivity (Wildman–Crippen MR) is 56.3 cm³/mol. The summed E-state index contributed by atoms with van der Waals surface area (Å²) in [7, 11) is 0. The minimum Gasteiger partial charge on any atom is -0.505 e. The van der Waals surface area contributed by atoms with Gasteiger partial charge in [-0.05, 0) is 30.5 Å². The maximum atomic E-state index is 13.3. The van der Waals surface area contributed by atoms with Crippen molar-refractivity contribution in [3.8, 4) is 5.75 Å². The summed E-state index contributed by atoms with van der Waals surface area (Å²) in [5.74, 6) is -1.06. The molecule has 1 aromatic carbocycles. The van der Waals surface area contributed by atoms with E-state index in [4.69, 9.17) is 5.11 Å². The molecule has 0 aromatic heterocycles. The number of halogens is 1. The lowest BCUT2D eigenvalue weighted by molar-refractivity contribution is 0.422. The van der Waals surface area contributed by atoms with Crippen LogP contribution in [0.3, 0.4) is 0 Å². The van der Waals surface area contributed by atoms with E-state index < -0.39 is 11.4 Å². The van der Waals surface area contributed by atoms with Crippen LogP contribution in [0.4, 0.5) is 4.39 Å². The molecule has 2 rings (SSSR count). The van der Waals surface area contributed by atoms with Gasteiger partial charge in [-0.25, -0.2) is 9.18 Å². The summed E-state index contributed by atoms with van der Waals surface area (Å²) in [5.41, 5.74) is 0.0136. The number of hydrogen-bond donors (Lipinski definition) is 1. The fourth-order valence-corrected chi connectivity index (χ4v) is 2.31. The van der Waals surface area contributed by atoms with E-state index in [9.17, 15) is 9.18 Å². The summed E-state index contributed by atoms with van der Waals surface area (Å²) < 4.78 is 13.3. The minimum absolute atomic E-state index is 0.382. The van der Waals surface area contributed by atoms with Gasteiger partial charge in [0.2, 0.25) is 6.08 Å². The van der Waals surface area contributed by atoms with Crippen molar-refractivity contribution in [1.29, 1.82) is 0 Å². The molecular formula is C12H12FNO2. The van der Waals surface area contributed by atoms with E-state index in [-0.39, 0.29) is 5.75 Å². The van der Waals surface area contributed by atoms with E-state index >= 15 is 0 Å². The normalized spacial score (nSPS) is 18.1. The molecule has 1 saturated carbocycles. The molecule has 1 aliphatic rings.